The van der Waals surface area contributed by atoms with E-state index >= 15 is 0 Å². The van der Waals surface area contributed by atoms with Gasteiger partial charge in [-0.3, -0.25) is 5.32 Å². The summed E-state index contributed by atoms with van der Waals surface area (Å²) < 4.78 is 49.4. The zero-order chi connectivity index (χ0) is 13.1. The molecular weight excluding hydrogens is 238 g/mol. The molecule has 0 radical (unpaired) electrons. The fourth-order valence-electron chi connectivity index (χ4n) is 1.44. The fourth-order valence-corrected chi connectivity index (χ4v) is 1.44. The van der Waals surface area contributed by atoms with Crippen LogP contribution in [0.3, 0.4) is 0 Å². The average Bonchev–Trinajstić information content (AvgIpc) is 2.22. The van der Waals surface area contributed by atoms with Crippen LogP contribution in [0.2, 0.25) is 0 Å². The zero-order valence-electron chi connectivity index (χ0n) is 9.18. The molecule has 0 fully saturated rings. The maximum absolute atomic E-state index is 13.4. The zero-order valence-corrected chi connectivity index (χ0v) is 9.18. The monoisotopic (exact) mass is 251 g/mol. The molecule has 1 aromatic rings. The molecule has 0 aliphatic heterocycles. The number of benzene rings is 1. The van der Waals surface area contributed by atoms with Crippen LogP contribution in [0.25, 0.3) is 0 Å². The Balaban J connectivity index is 2.82. The van der Waals surface area contributed by atoms with Gasteiger partial charge in [-0.15, -0.1) is 0 Å². The van der Waals surface area contributed by atoms with Crippen molar-refractivity contribution in [1.82, 2.24) is 5.32 Å². The Kier molecular flexibility index (Phi) is 4.47. The molecule has 96 valence electrons. The smallest absolute Gasteiger partial charge is 0.394 e. The highest BCUT2D eigenvalue weighted by Crippen LogP contribution is 2.20. The minimum atomic E-state index is -4.40. The number of hydrogen-bond donors (Lipinski definition) is 2. The van der Waals surface area contributed by atoms with Gasteiger partial charge in [0.05, 0.1) is 19.2 Å². The van der Waals surface area contributed by atoms with Crippen LogP contribution >= 0.6 is 0 Å². The number of aliphatic hydroxyl groups excluding tert-OH is 1. The summed E-state index contributed by atoms with van der Waals surface area (Å²) >= 11 is 0. The minimum absolute atomic E-state index is 0.0387. The lowest BCUT2D eigenvalue weighted by atomic mass is 10.0. The van der Waals surface area contributed by atoms with E-state index < -0.39 is 31.2 Å². The first kappa shape index (κ1) is 13.9. The minimum Gasteiger partial charge on any atom is -0.394 e. The van der Waals surface area contributed by atoms with Gasteiger partial charge in [-0.25, -0.2) is 4.39 Å². The molecule has 0 aliphatic rings. The molecular formula is C11H13F4NO. The summed E-state index contributed by atoms with van der Waals surface area (Å²) in [5.74, 6) is -0.635. The van der Waals surface area contributed by atoms with Crippen LogP contribution in [-0.2, 0) is 0 Å². The Morgan fingerprint density at radius 3 is 2.53 bits per heavy atom. The number of rotatable bonds is 4. The van der Waals surface area contributed by atoms with E-state index in [9.17, 15) is 17.6 Å². The van der Waals surface area contributed by atoms with Crippen LogP contribution in [0.15, 0.2) is 18.2 Å². The average molecular weight is 251 g/mol. The van der Waals surface area contributed by atoms with E-state index in [4.69, 9.17) is 5.11 Å². The predicted molar refractivity (Wildman–Crippen MR) is 55.0 cm³/mol. The highest BCUT2D eigenvalue weighted by Gasteiger charge is 2.28. The largest absolute Gasteiger partial charge is 0.401 e. The molecule has 1 unspecified atom stereocenters. The van der Waals surface area contributed by atoms with Crippen molar-refractivity contribution in [2.75, 3.05) is 13.2 Å². The Bertz CT molecular complexity index is 378. The first-order valence-electron chi connectivity index (χ1n) is 5.00. The second-order valence-electron chi connectivity index (χ2n) is 3.76. The summed E-state index contributed by atoms with van der Waals surface area (Å²) in [7, 11) is 0. The predicted octanol–water partition coefficient (Wildman–Crippen LogP) is 2.32. The first-order chi connectivity index (χ1) is 7.83. The van der Waals surface area contributed by atoms with Crippen molar-refractivity contribution in [1.29, 1.82) is 0 Å². The molecule has 0 bridgehead atoms. The second-order valence-corrected chi connectivity index (χ2v) is 3.76. The maximum Gasteiger partial charge on any atom is 0.401 e. The lowest BCUT2D eigenvalue weighted by molar-refractivity contribution is -0.126. The third-order valence-electron chi connectivity index (χ3n) is 2.26. The van der Waals surface area contributed by atoms with Crippen LogP contribution in [0.1, 0.15) is 17.2 Å². The maximum atomic E-state index is 13.4. The molecule has 0 spiro atoms. The van der Waals surface area contributed by atoms with Crippen LogP contribution in [0.5, 0.6) is 0 Å². The molecule has 0 saturated carbocycles. The number of aryl methyl sites for hydroxylation is 1. The van der Waals surface area contributed by atoms with E-state index in [-0.39, 0.29) is 5.56 Å². The molecule has 17 heavy (non-hydrogen) atoms. The molecule has 0 amide bonds. The molecule has 1 aromatic carbocycles. The van der Waals surface area contributed by atoms with E-state index in [2.05, 4.69) is 5.32 Å². The molecule has 2 N–H and O–H groups in total. The van der Waals surface area contributed by atoms with Crippen molar-refractivity contribution in [3.8, 4) is 0 Å². The molecule has 0 aromatic heterocycles. The summed E-state index contributed by atoms with van der Waals surface area (Å²) in [6, 6.07) is 3.04. The van der Waals surface area contributed by atoms with Crippen LogP contribution in [-0.4, -0.2) is 24.4 Å². The second kappa shape index (κ2) is 5.46. The van der Waals surface area contributed by atoms with Gasteiger partial charge >= 0.3 is 6.18 Å². The van der Waals surface area contributed by atoms with Gasteiger partial charge in [0.25, 0.3) is 0 Å². The van der Waals surface area contributed by atoms with E-state index in [0.717, 1.165) is 0 Å². The van der Waals surface area contributed by atoms with Crippen molar-refractivity contribution < 1.29 is 22.7 Å². The van der Waals surface area contributed by atoms with Crippen molar-refractivity contribution in [3.63, 3.8) is 0 Å². The van der Waals surface area contributed by atoms with Gasteiger partial charge < -0.3 is 5.11 Å². The van der Waals surface area contributed by atoms with Crippen molar-refractivity contribution in [2.45, 2.75) is 19.1 Å². The third kappa shape index (κ3) is 4.32. The number of aliphatic hydroxyl groups is 1. The highest BCUT2D eigenvalue weighted by atomic mass is 19.4. The number of halogens is 4. The molecule has 1 rings (SSSR count). The van der Waals surface area contributed by atoms with Crippen molar-refractivity contribution >= 4 is 0 Å². The van der Waals surface area contributed by atoms with Gasteiger partial charge in [-0.05, 0) is 13.0 Å². The van der Waals surface area contributed by atoms with Gasteiger partial charge in [0, 0.05) is 5.56 Å². The van der Waals surface area contributed by atoms with Crippen molar-refractivity contribution in [3.05, 3.63) is 35.1 Å². The summed E-state index contributed by atoms with van der Waals surface area (Å²) in [6.45, 7) is -0.177. The molecule has 0 aliphatic carbocycles. The Morgan fingerprint density at radius 2 is 2.00 bits per heavy atom. The van der Waals surface area contributed by atoms with E-state index in [0.29, 0.717) is 5.56 Å². The highest BCUT2D eigenvalue weighted by molar-refractivity contribution is 5.27. The molecule has 2 nitrogen and oxygen atoms in total. The normalized spacial score (nSPS) is 13.8. The molecule has 1 atom stereocenters. The van der Waals surface area contributed by atoms with E-state index in [1.807, 2.05) is 0 Å². The Hall–Kier alpha value is -1.14. The van der Waals surface area contributed by atoms with Crippen LogP contribution in [0.4, 0.5) is 17.6 Å². The van der Waals surface area contributed by atoms with Gasteiger partial charge in [0.1, 0.15) is 5.82 Å². The lowest BCUT2D eigenvalue weighted by Crippen LogP contribution is -2.34. The molecule has 0 saturated heterocycles. The topological polar surface area (TPSA) is 32.3 Å². The summed E-state index contributed by atoms with van der Waals surface area (Å²) in [6.07, 6.45) is -4.40. The van der Waals surface area contributed by atoms with Gasteiger partial charge in [0.15, 0.2) is 0 Å². The fraction of sp³-hybridized carbons (Fsp3) is 0.455. The Labute approximate surface area is 96.3 Å². The quantitative estimate of drug-likeness (QED) is 0.805. The number of hydrogen-bond acceptors (Lipinski definition) is 2. The standard InChI is InChI=1S/C11H13F4NO/c1-7-2-3-9(12)8(4-7)10(5-17)16-6-11(13,14)15/h2-4,10,16-17H,5-6H2,1H3. The van der Waals surface area contributed by atoms with Crippen LogP contribution in [0, 0.1) is 12.7 Å². The van der Waals surface area contributed by atoms with E-state index in [1.54, 1.807) is 6.92 Å². The van der Waals surface area contributed by atoms with Gasteiger partial charge in [-0.1, -0.05) is 17.7 Å². The van der Waals surface area contributed by atoms with E-state index in [1.165, 1.54) is 18.2 Å². The van der Waals surface area contributed by atoms with Crippen molar-refractivity contribution in [2.24, 2.45) is 0 Å². The number of nitrogens with one attached hydrogen (secondary N) is 1. The van der Waals surface area contributed by atoms with Crippen LogP contribution < -0.4 is 5.32 Å². The Morgan fingerprint density at radius 1 is 1.35 bits per heavy atom. The van der Waals surface area contributed by atoms with Gasteiger partial charge in [0.2, 0.25) is 0 Å². The van der Waals surface area contributed by atoms with Gasteiger partial charge in [-0.2, -0.15) is 13.2 Å². The third-order valence-corrected chi connectivity index (χ3v) is 2.26. The first-order valence-corrected chi connectivity index (χ1v) is 5.00. The lowest BCUT2D eigenvalue weighted by Gasteiger charge is -2.19. The summed E-state index contributed by atoms with van der Waals surface area (Å²) in [5.41, 5.74) is 0.755. The number of alkyl halides is 3. The molecule has 0 heterocycles. The SMILES string of the molecule is Cc1ccc(F)c(C(CO)NCC(F)(F)F)c1. The summed E-state index contributed by atoms with van der Waals surface area (Å²) in [4.78, 5) is 0. The molecule has 6 heteroatoms. The summed E-state index contributed by atoms with van der Waals surface area (Å²) in [5, 5.41) is 11.1.